The SMILES string of the molecule is CC(N)c1nc(C(=O)NCCc2ccccc2F)cs1. The highest BCUT2D eigenvalue weighted by Gasteiger charge is 2.12. The highest BCUT2D eigenvalue weighted by Crippen LogP contribution is 2.15. The molecule has 0 radical (unpaired) electrons. The number of aromatic nitrogens is 1. The Kier molecular flexibility index (Phi) is 4.81. The van der Waals surface area contributed by atoms with Gasteiger partial charge in [-0.25, -0.2) is 9.37 Å². The Bertz CT molecular complexity index is 598. The second-order valence-corrected chi connectivity index (χ2v) is 5.35. The number of thiazole rings is 1. The molecule has 1 aromatic carbocycles. The van der Waals surface area contributed by atoms with Gasteiger partial charge in [0, 0.05) is 11.9 Å². The van der Waals surface area contributed by atoms with Gasteiger partial charge in [-0.1, -0.05) is 18.2 Å². The molecule has 1 amide bonds. The first-order valence-electron chi connectivity index (χ1n) is 6.30. The molecule has 106 valence electrons. The van der Waals surface area contributed by atoms with Crippen LogP contribution in [-0.4, -0.2) is 17.4 Å². The fraction of sp³-hybridized carbons (Fsp3) is 0.286. The van der Waals surface area contributed by atoms with Crippen molar-refractivity contribution < 1.29 is 9.18 Å². The lowest BCUT2D eigenvalue weighted by Crippen LogP contribution is -2.26. The lowest BCUT2D eigenvalue weighted by Gasteiger charge is -2.04. The zero-order valence-electron chi connectivity index (χ0n) is 11.1. The molecular formula is C14H16FN3OS. The lowest BCUT2D eigenvalue weighted by atomic mass is 10.1. The third-order valence-electron chi connectivity index (χ3n) is 2.78. The van der Waals surface area contributed by atoms with Crippen LogP contribution in [0.25, 0.3) is 0 Å². The van der Waals surface area contributed by atoms with Crippen molar-refractivity contribution in [3.63, 3.8) is 0 Å². The lowest BCUT2D eigenvalue weighted by molar-refractivity contribution is 0.0949. The Labute approximate surface area is 120 Å². The van der Waals surface area contributed by atoms with Crippen molar-refractivity contribution in [2.75, 3.05) is 6.54 Å². The molecule has 0 fully saturated rings. The van der Waals surface area contributed by atoms with Crippen molar-refractivity contribution in [2.24, 2.45) is 5.73 Å². The monoisotopic (exact) mass is 293 g/mol. The van der Waals surface area contributed by atoms with Crippen LogP contribution < -0.4 is 11.1 Å². The molecule has 0 spiro atoms. The van der Waals surface area contributed by atoms with Crippen LogP contribution in [-0.2, 0) is 6.42 Å². The highest BCUT2D eigenvalue weighted by atomic mass is 32.1. The van der Waals surface area contributed by atoms with E-state index >= 15 is 0 Å². The van der Waals surface area contributed by atoms with Crippen molar-refractivity contribution in [3.8, 4) is 0 Å². The fourth-order valence-corrected chi connectivity index (χ4v) is 2.46. The van der Waals surface area contributed by atoms with Crippen LogP contribution in [0.15, 0.2) is 29.6 Å². The van der Waals surface area contributed by atoms with E-state index in [4.69, 9.17) is 5.73 Å². The first-order chi connectivity index (χ1) is 9.58. The highest BCUT2D eigenvalue weighted by molar-refractivity contribution is 7.09. The summed E-state index contributed by atoms with van der Waals surface area (Å²) < 4.78 is 13.4. The molecule has 0 aliphatic rings. The molecule has 1 unspecified atom stereocenters. The van der Waals surface area contributed by atoms with Crippen LogP contribution >= 0.6 is 11.3 Å². The summed E-state index contributed by atoms with van der Waals surface area (Å²) in [5.41, 5.74) is 6.64. The standard InChI is InChI=1S/C14H16FN3OS/c1-9(16)14-18-12(8-20-14)13(19)17-7-6-10-4-2-3-5-11(10)15/h2-5,8-9H,6-7,16H2,1H3,(H,17,19). The minimum absolute atomic E-state index is 0.181. The minimum atomic E-state index is -0.260. The number of rotatable bonds is 5. The van der Waals surface area contributed by atoms with E-state index in [9.17, 15) is 9.18 Å². The Morgan fingerprint density at radius 1 is 1.50 bits per heavy atom. The Morgan fingerprint density at radius 3 is 2.90 bits per heavy atom. The molecule has 0 bridgehead atoms. The van der Waals surface area contributed by atoms with E-state index in [0.717, 1.165) is 5.01 Å². The van der Waals surface area contributed by atoms with Gasteiger partial charge < -0.3 is 11.1 Å². The number of amides is 1. The van der Waals surface area contributed by atoms with Crippen molar-refractivity contribution in [3.05, 3.63) is 51.7 Å². The van der Waals surface area contributed by atoms with Gasteiger partial charge in [-0.3, -0.25) is 4.79 Å². The smallest absolute Gasteiger partial charge is 0.270 e. The second-order valence-electron chi connectivity index (χ2n) is 4.46. The van der Waals surface area contributed by atoms with Gasteiger partial charge in [0.1, 0.15) is 16.5 Å². The van der Waals surface area contributed by atoms with E-state index in [2.05, 4.69) is 10.3 Å². The molecule has 3 N–H and O–H groups in total. The molecule has 1 aromatic heterocycles. The number of nitrogens with one attached hydrogen (secondary N) is 1. The van der Waals surface area contributed by atoms with Crippen molar-refractivity contribution in [2.45, 2.75) is 19.4 Å². The van der Waals surface area contributed by atoms with E-state index in [1.165, 1.54) is 17.4 Å². The van der Waals surface area contributed by atoms with E-state index in [-0.39, 0.29) is 17.8 Å². The number of carbonyl (C=O) groups is 1. The van der Waals surface area contributed by atoms with Gasteiger partial charge in [0.2, 0.25) is 0 Å². The maximum Gasteiger partial charge on any atom is 0.270 e. The zero-order valence-corrected chi connectivity index (χ0v) is 11.9. The molecule has 0 saturated heterocycles. The van der Waals surface area contributed by atoms with Crippen LogP contribution in [0, 0.1) is 5.82 Å². The van der Waals surface area contributed by atoms with Crippen LogP contribution in [0.1, 0.15) is 34.0 Å². The minimum Gasteiger partial charge on any atom is -0.350 e. The van der Waals surface area contributed by atoms with Gasteiger partial charge in [-0.15, -0.1) is 11.3 Å². The van der Waals surface area contributed by atoms with Gasteiger partial charge in [0.15, 0.2) is 0 Å². The number of hydrogen-bond acceptors (Lipinski definition) is 4. The van der Waals surface area contributed by atoms with E-state index in [0.29, 0.717) is 24.2 Å². The van der Waals surface area contributed by atoms with Gasteiger partial charge in [0.05, 0.1) is 6.04 Å². The van der Waals surface area contributed by atoms with Crippen molar-refractivity contribution in [1.82, 2.24) is 10.3 Å². The number of carbonyl (C=O) groups excluding carboxylic acids is 1. The summed E-state index contributed by atoms with van der Waals surface area (Å²) in [4.78, 5) is 16.0. The van der Waals surface area contributed by atoms with E-state index in [1.54, 1.807) is 23.6 Å². The van der Waals surface area contributed by atoms with Gasteiger partial charge >= 0.3 is 0 Å². The summed E-state index contributed by atoms with van der Waals surface area (Å²) in [7, 11) is 0. The second kappa shape index (κ2) is 6.58. The van der Waals surface area contributed by atoms with E-state index in [1.807, 2.05) is 6.92 Å². The van der Waals surface area contributed by atoms with Crippen molar-refractivity contribution in [1.29, 1.82) is 0 Å². The molecule has 1 heterocycles. The topological polar surface area (TPSA) is 68.0 Å². The maximum atomic E-state index is 13.4. The first-order valence-corrected chi connectivity index (χ1v) is 7.18. The first kappa shape index (κ1) is 14.6. The number of nitrogens with zero attached hydrogens (tertiary/aromatic N) is 1. The quantitative estimate of drug-likeness (QED) is 0.888. The number of nitrogens with two attached hydrogens (primary N) is 1. The number of halogens is 1. The van der Waals surface area contributed by atoms with Gasteiger partial charge in [-0.05, 0) is 25.0 Å². The summed E-state index contributed by atoms with van der Waals surface area (Å²) >= 11 is 1.36. The average Bonchev–Trinajstić information content (AvgIpc) is 2.91. The fourth-order valence-electron chi connectivity index (χ4n) is 1.70. The third kappa shape index (κ3) is 3.61. The van der Waals surface area contributed by atoms with Crippen molar-refractivity contribution >= 4 is 17.2 Å². The molecule has 0 aliphatic heterocycles. The normalized spacial score (nSPS) is 12.2. The summed E-state index contributed by atoms with van der Waals surface area (Å²) in [6.45, 7) is 2.18. The molecule has 0 aliphatic carbocycles. The number of benzene rings is 1. The zero-order chi connectivity index (χ0) is 14.5. The van der Waals surface area contributed by atoms with Crippen LogP contribution in [0.4, 0.5) is 4.39 Å². The molecule has 20 heavy (non-hydrogen) atoms. The predicted octanol–water partition coefficient (Wildman–Crippen LogP) is 2.27. The summed E-state index contributed by atoms with van der Waals surface area (Å²) in [6, 6.07) is 6.35. The molecule has 2 aromatic rings. The summed E-state index contributed by atoms with van der Waals surface area (Å²) in [5.74, 6) is -0.515. The van der Waals surface area contributed by atoms with Crippen LogP contribution in [0.2, 0.25) is 0 Å². The van der Waals surface area contributed by atoms with Gasteiger partial charge in [-0.2, -0.15) is 0 Å². The molecule has 6 heteroatoms. The number of hydrogen-bond donors (Lipinski definition) is 2. The van der Waals surface area contributed by atoms with Gasteiger partial charge in [0.25, 0.3) is 5.91 Å². The summed E-state index contributed by atoms with van der Waals surface area (Å²) in [6.07, 6.45) is 0.447. The molecule has 0 saturated carbocycles. The Hall–Kier alpha value is -1.79. The summed E-state index contributed by atoms with van der Waals surface area (Å²) in [5, 5.41) is 5.13. The maximum absolute atomic E-state index is 13.4. The molecule has 1 atom stereocenters. The van der Waals surface area contributed by atoms with Crippen LogP contribution in [0.3, 0.4) is 0 Å². The molecular weight excluding hydrogens is 277 g/mol. The Balaban J connectivity index is 1.87. The molecule has 2 rings (SSSR count). The average molecular weight is 293 g/mol. The molecule has 4 nitrogen and oxygen atoms in total. The van der Waals surface area contributed by atoms with E-state index < -0.39 is 0 Å². The Morgan fingerprint density at radius 2 is 2.25 bits per heavy atom. The predicted molar refractivity (Wildman–Crippen MR) is 77.2 cm³/mol. The largest absolute Gasteiger partial charge is 0.350 e. The van der Waals surface area contributed by atoms with Crippen LogP contribution in [0.5, 0.6) is 0 Å². The third-order valence-corrected chi connectivity index (χ3v) is 3.83.